The van der Waals surface area contributed by atoms with Gasteiger partial charge in [0.1, 0.15) is 5.75 Å². The smallest absolute Gasteiger partial charge is 0.306 e. The number of carboxylic acid groups (broad SMARTS) is 1. The van der Waals surface area contributed by atoms with E-state index in [4.69, 9.17) is 9.84 Å². The topological polar surface area (TPSA) is 46.5 Å². The molecule has 110 valence electrons. The molecule has 1 aromatic rings. The molecule has 1 aliphatic carbocycles. The Morgan fingerprint density at radius 1 is 1.30 bits per heavy atom. The zero-order chi connectivity index (χ0) is 14.4. The van der Waals surface area contributed by atoms with Gasteiger partial charge in [0, 0.05) is 0 Å². The van der Waals surface area contributed by atoms with Crippen LogP contribution in [0.25, 0.3) is 0 Å². The van der Waals surface area contributed by atoms with Crippen molar-refractivity contribution in [1.29, 1.82) is 0 Å². The fraction of sp³-hybridized carbons (Fsp3) is 0.588. The molecule has 0 amide bonds. The number of carboxylic acids is 1. The highest BCUT2D eigenvalue weighted by Crippen LogP contribution is 2.42. The average Bonchev–Trinajstić information content (AvgIpc) is 3.22. The molecule has 0 radical (unpaired) electrons. The molecule has 1 aliphatic rings. The van der Waals surface area contributed by atoms with E-state index < -0.39 is 5.97 Å². The Kier molecular flexibility index (Phi) is 5.45. The number of hydrogen-bond acceptors (Lipinski definition) is 2. The Labute approximate surface area is 121 Å². The van der Waals surface area contributed by atoms with Crippen LogP contribution in [0.4, 0.5) is 0 Å². The number of rotatable bonds is 9. The van der Waals surface area contributed by atoms with E-state index in [2.05, 4.69) is 19.1 Å². The van der Waals surface area contributed by atoms with Crippen LogP contribution in [-0.2, 0) is 11.2 Å². The number of aliphatic carboxylic acids is 1. The highest BCUT2D eigenvalue weighted by molar-refractivity contribution is 5.73. The van der Waals surface area contributed by atoms with Crippen molar-refractivity contribution in [2.75, 3.05) is 6.61 Å². The summed E-state index contributed by atoms with van der Waals surface area (Å²) >= 11 is 0. The summed E-state index contributed by atoms with van der Waals surface area (Å²) in [5.41, 5.74) is 1.27. The summed E-state index contributed by atoms with van der Waals surface area (Å²) in [5.74, 6) is 0.596. The van der Waals surface area contributed by atoms with Crippen molar-refractivity contribution in [2.24, 2.45) is 11.8 Å². The van der Waals surface area contributed by atoms with Gasteiger partial charge in [0.2, 0.25) is 0 Å². The summed E-state index contributed by atoms with van der Waals surface area (Å²) < 4.78 is 5.67. The lowest BCUT2D eigenvalue weighted by Crippen LogP contribution is -2.00. The van der Waals surface area contributed by atoms with Crippen molar-refractivity contribution in [2.45, 2.75) is 45.4 Å². The lowest BCUT2D eigenvalue weighted by Gasteiger charge is -2.07. The zero-order valence-corrected chi connectivity index (χ0v) is 12.2. The molecule has 3 nitrogen and oxygen atoms in total. The Morgan fingerprint density at radius 3 is 2.65 bits per heavy atom. The highest BCUT2D eigenvalue weighted by Gasteiger charge is 2.42. The molecule has 0 aromatic heterocycles. The maximum atomic E-state index is 10.8. The predicted octanol–water partition coefficient (Wildman–Crippen LogP) is 3.91. The minimum atomic E-state index is -0.633. The van der Waals surface area contributed by atoms with Gasteiger partial charge in [-0.3, -0.25) is 4.79 Å². The van der Waals surface area contributed by atoms with Gasteiger partial charge in [-0.25, -0.2) is 0 Å². The molecule has 0 spiro atoms. The van der Waals surface area contributed by atoms with Crippen LogP contribution in [0.5, 0.6) is 5.75 Å². The van der Waals surface area contributed by atoms with Gasteiger partial charge in [0.05, 0.1) is 12.5 Å². The number of aryl methyl sites for hydroxylation is 1. The van der Waals surface area contributed by atoms with Crippen LogP contribution in [0.15, 0.2) is 24.3 Å². The second kappa shape index (κ2) is 7.32. The summed E-state index contributed by atoms with van der Waals surface area (Å²) in [5, 5.41) is 8.86. The van der Waals surface area contributed by atoms with Crippen molar-refractivity contribution >= 4 is 5.97 Å². The van der Waals surface area contributed by atoms with Crippen molar-refractivity contribution in [1.82, 2.24) is 0 Å². The molecule has 0 saturated heterocycles. The van der Waals surface area contributed by atoms with E-state index in [1.54, 1.807) is 0 Å². The molecule has 20 heavy (non-hydrogen) atoms. The molecule has 0 heterocycles. The van der Waals surface area contributed by atoms with Crippen molar-refractivity contribution in [3.8, 4) is 5.75 Å². The van der Waals surface area contributed by atoms with Gasteiger partial charge in [-0.15, -0.1) is 0 Å². The molecule has 0 bridgehead atoms. The van der Waals surface area contributed by atoms with Gasteiger partial charge < -0.3 is 9.84 Å². The van der Waals surface area contributed by atoms with Gasteiger partial charge in [0.25, 0.3) is 0 Å². The van der Waals surface area contributed by atoms with E-state index in [1.807, 2.05) is 12.1 Å². The third-order valence-corrected chi connectivity index (χ3v) is 3.98. The molecular formula is C17H24O3. The SMILES string of the molecule is CCCCCOc1ccc(CCC2CC2C(=O)O)cc1. The van der Waals surface area contributed by atoms with E-state index >= 15 is 0 Å². The number of carbonyl (C=O) groups is 1. The summed E-state index contributed by atoms with van der Waals surface area (Å²) in [6.45, 7) is 2.97. The summed E-state index contributed by atoms with van der Waals surface area (Å²) in [6.07, 6.45) is 6.33. The van der Waals surface area contributed by atoms with E-state index in [0.29, 0.717) is 5.92 Å². The van der Waals surface area contributed by atoms with Crippen LogP contribution in [0, 0.1) is 11.8 Å². The van der Waals surface area contributed by atoms with Gasteiger partial charge in [0.15, 0.2) is 0 Å². The molecule has 2 unspecified atom stereocenters. The van der Waals surface area contributed by atoms with Gasteiger partial charge in [-0.2, -0.15) is 0 Å². The molecule has 2 rings (SSSR count). The highest BCUT2D eigenvalue weighted by atomic mass is 16.5. The van der Waals surface area contributed by atoms with E-state index in [1.165, 1.54) is 18.4 Å². The Morgan fingerprint density at radius 2 is 2.05 bits per heavy atom. The number of hydrogen-bond donors (Lipinski definition) is 1. The lowest BCUT2D eigenvalue weighted by molar-refractivity contribution is -0.138. The van der Waals surface area contributed by atoms with Crippen LogP contribution >= 0.6 is 0 Å². The normalized spacial score (nSPS) is 20.6. The zero-order valence-electron chi connectivity index (χ0n) is 12.2. The lowest BCUT2D eigenvalue weighted by atomic mass is 10.1. The van der Waals surface area contributed by atoms with E-state index in [0.717, 1.165) is 38.0 Å². The fourth-order valence-corrected chi connectivity index (χ4v) is 2.52. The predicted molar refractivity (Wildman–Crippen MR) is 79.0 cm³/mol. The van der Waals surface area contributed by atoms with Gasteiger partial charge in [-0.05, 0) is 49.3 Å². The first-order valence-electron chi connectivity index (χ1n) is 7.65. The second-order valence-electron chi connectivity index (χ2n) is 5.68. The van der Waals surface area contributed by atoms with Crippen LogP contribution < -0.4 is 4.74 Å². The molecule has 0 aliphatic heterocycles. The minimum Gasteiger partial charge on any atom is -0.494 e. The quantitative estimate of drug-likeness (QED) is 0.696. The molecular weight excluding hydrogens is 252 g/mol. The maximum absolute atomic E-state index is 10.8. The minimum absolute atomic E-state index is 0.0869. The third kappa shape index (κ3) is 4.55. The van der Waals surface area contributed by atoms with Crippen LogP contribution in [-0.4, -0.2) is 17.7 Å². The van der Waals surface area contributed by atoms with Crippen LogP contribution in [0.1, 0.15) is 44.6 Å². The second-order valence-corrected chi connectivity index (χ2v) is 5.68. The maximum Gasteiger partial charge on any atom is 0.306 e. The third-order valence-electron chi connectivity index (χ3n) is 3.98. The van der Waals surface area contributed by atoms with Crippen molar-refractivity contribution in [3.63, 3.8) is 0 Å². The molecule has 2 atom stereocenters. The summed E-state index contributed by atoms with van der Waals surface area (Å²) in [7, 11) is 0. The average molecular weight is 276 g/mol. The Balaban J connectivity index is 1.68. The molecule has 1 aromatic carbocycles. The van der Waals surface area contributed by atoms with Crippen LogP contribution in [0.3, 0.4) is 0 Å². The molecule has 1 N–H and O–H groups in total. The first-order chi connectivity index (χ1) is 9.70. The summed E-state index contributed by atoms with van der Waals surface area (Å²) in [4.78, 5) is 10.8. The van der Waals surface area contributed by atoms with E-state index in [9.17, 15) is 4.79 Å². The Hall–Kier alpha value is -1.51. The number of ether oxygens (including phenoxy) is 1. The van der Waals surface area contributed by atoms with Gasteiger partial charge >= 0.3 is 5.97 Å². The van der Waals surface area contributed by atoms with Gasteiger partial charge in [-0.1, -0.05) is 31.9 Å². The largest absolute Gasteiger partial charge is 0.494 e. The van der Waals surface area contributed by atoms with E-state index in [-0.39, 0.29) is 5.92 Å². The first-order valence-corrected chi connectivity index (χ1v) is 7.65. The van der Waals surface area contributed by atoms with Crippen LogP contribution in [0.2, 0.25) is 0 Å². The number of benzene rings is 1. The first kappa shape index (κ1) is 14.9. The molecule has 1 saturated carbocycles. The summed E-state index contributed by atoms with van der Waals surface area (Å²) in [6, 6.07) is 8.21. The molecule has 1 fully saturated rings. The monoisotopic (exact) mass is 276 g/mol. The number of unbranched alkanes of at least 4 members (excludes halogenated alkanes) is 2. The van der Waals surface area contributed by atoms with Crippen molar-refractivity contribution in [3.05, 3.63) is 29.8 Å². The fourth-order valence-electron chi connectivity index (χ4n) is 2.52. The molecule has 3 heteroatoms. The Bertz CT molecular complexity index is 424. The van der Waals surface area contributed by atoms with Crippen molar-refractivity contribution < 1.29 is 14.6 Å². The standard InChI is InChI=1S/C17H24O3/c1-2-3-4-11-20-15-9-6-13(7-10-15)5-8-14-12-16(14)17(18)19/h6-7,9-10,14,16H,2-5,8,11-12H2,1H3,(H,18,19).